The maximum absolute atomic E-state index is 11.5. The summed E-state index contributed by atoms with van der Waals surface area (Å²) in [5.41, 5.74) is 2.93. The van der Waals surface area contributed by atoms with E-state index in [1.165, 1.54) is 4.21 Å². The molecule has 3 rings (SSSR count). The predicted molar refractivity (Wildman–Crippen MR) is 83.5 cm³/mol. The van der Waals surface area contributed by atoms with Gasteiger partial charge in [-0.15, -0.1) is 11.3 Å². The summed E-state index contributed by atoms with van der Waals surface area (Å²) in [4.78, 5) is 11.5. The second-order valence-corrected chi connectivity index (χ2v) is 6.61. The summed E-state index contributed by atoms with van der Waals surface area (Å²) in [6, 6.07) is 10.0. The highest BCUT2D eigenvalue weighted by molar-refractivity contribution is 8.02. The summed E-state index contributed by atoms with van der Waals surface area (Å²) in [5, 5.41) is 4.81. The Hall–Kier alpha value is -1.66. The lowest BCUT2D eigenvalue weighted by Crippen LogP contribution is -2.17. The van der Waals surface area contributed by atoms with Crippen molar-refractivity contribution >= 4 is 40.8 Å². The fourth-order valence-corrected chi connectivity index (χ4v) is 3.48. The molecule has 1 aliphatic heterocycles. The summed E-state index contributed by atoms with van der Waals surface area (Å²) in [5.74, 6) is 0. The average molecular weight is 306 g/mol. The van der Waals surface area contributed by atoms with Crippen LogP contribution in [0.5, 0.6) is 0 Å². The molecular formula is C14H14N2O2S2. The predicted octanol–water partition coefficient (Wildman–Crippen LogP) is 4.36. The van der Waals surface area contributed by atoms with Crippen molar-refractivity contribution in [3.8, 4) is 0 Å². The van der Waals surface area contributed by atoms with E-state index in [1.54, 1.807) is 23.3 Å². The summed E-state index contributed by atoms with van der Waals surface area (Å²) in [7, 11) is 0. The number of anilines is 2. The molecule has 0 spiro atoms. The van der Waals surface area contributed by atoms with Gasteiger partial charge in [0, 0.05) is 17.8 Å². The number of hydrogen-bond acceptors (Lipinski definition) is 5. The lowest BCUT2D eigenvalue weighted by Gasteiger charge is -2.10. The highest BCUT2D eigenvalue weighted by atomic mass is 32.2. The van der Waals surface area contributed by atoms with Crippen molar-refractivity contribution in [2.24, 2.45) is 0 Å². The lowest BCUT2D eigenvalue weighted by atomic mass is 10.1. The SMILES string of the molecule is CC1Cc2cc(NSc3cccs3)ccc2NC(=O)O1. The number of hydrogen-bond donors (Lipinski definition) is 2. The Kier molecular flexibility index (Phi) is 3.84. The number of fused-ring (bicyclic) bond motifs is 1. The van der Waals surface area contributed by atoms with Crippen LogP contribution < -0.4 is 10.0 Å². The molecule has 2 N–H and O–H groups in total. The molecule has 20 heavy (non-hydrogen) atoms. The van der Waals surface area contributed by atoms with E-state index in [9.17, 15) is 4.79 Å². The summed E-state index contributed by atoms with van der Waals surface area (Å²) < 4.78 is 9.71. The van der Waals surface area contributed by atoms with E-state index in [-0.39, 0.29) is 12.2 Å². The van der Waals surface area contributed by atoms with Crippen LogP contribution in [-0.2, 0) is 11.2 Å². The molecule has 6 heteroatoms. The average Bonchev–Trinajstić information content (AvgIpc) is 2.87. The standard InChI is InChI=1S/C14H14N2O2S2/c1-9-7-10-8-11(16-20-13-3-2-6-19-13)4-5-12(10)15-14(17)18-9/h2-6,8-9,16H,7H2,1H3,(H,15,17). The van der Waals surface area contributed by atoms with Crippen molar-refractivity contribution in [2.45, 2.75) is 23.7 Å². The molecule has 2 heterocycles. The summed E-state index contributed by atoms with van der Waals surface area (Å²) in [6.07, 6.45) is 0.217. The van der Waals surface area contributed by atoms with Crippen LogP contribution in [0.4, 0.5) is 16.2 Å². The second-order valence-electron chi connectivity index (χ2n) is 4.55. The van der Waals surface area contributed by atoms with Crippen LogP contribution in [-0.4, -0.2) is 12.2 Å². The Bertz CT molecular complexity index is 614. The Balaban J connectivity index is 1.76. The molecule has 1 aromatic carbocycles. The normalized spacial score (nSPS) is 17.6. The van der Waals surface area contributed by atoms with Crippen LogP contribution in [0.1, 0.15) is 12.5 Å². The van der Waals surface area contributed by atoms with Gasteiger partial charge in [-0.3, -0.25) is 5.32 Å². The lowest BCUT2D eigenvalue weighted by molar-refractivity contribution is 0.123. The van der Waals surface area contributed by atoms with E-state index >= 15 is 0 Å². The first-order valence-electron chi connectivity index (χ1n) is 6.27. The topological polar surface area (TPSA) is 50.4 Å². The zero-order valence-corrected chi connectivity index (χ0v) is 12.5. The molecule has 0 bridgehead atoms. The first kappa shape index (κ1) is 13.3. The summed E-state index contributed by atoms with van der Waals surface area (Å²) >= 11 is 3.29. The molecule has 1 atom stereocenters. The third kappa shape index (κ3) is 3.08. The van der Waals surface area contributed by atoms with Crippen LogP contribution in [0, 0.1) is 0 Å². The monoisotopic (exact) mass is 306 g/mol. The number of nitrogens with one attached hydrogen (secondary N) is 2. The van der Waals surface area contributed by atoms with Gasteiger partial charge in [-0.1, -0.05) is 6.07 Å². The minimum Gasteiger partial charge on any atom is -0.446 e. The minimum absolute atomic E-state index is 0.114. The highest BCUT2D eigenvalue weighted by Crippen LogP contribution is 2.29. The highest BCUT2D eigenvalue weighted by Gasteiger charge is 2.19. The van der Waals surface area contributed by atoms with E-state index < -0.39 is 0 Å². The molecule has 2 aromatic rings. The van der Waals surface area contributed by atoms with Crippen molar-refractivity contribution in [2.75, 3.05) is 10.0 Å². The number of cyclic esters (lactones) is 1. The molecule has 1 unspecified atom stereocenters. The minimum atomic E-state index is -0.384. The van der Waals surface area contributed by atoms with E-state index in [0.29, 0.717) is 6.42 Å². The van der Waals surface area contributed by atoms with Crippen molar-refractivity contribution in [3.63, 3.8) is 0 Å². The molecule has 104 valence electrons. The van der Waals surface area contributed by atoms with Gasteiger partial charge >= 0.3 is 6.09 Å². The van der Waals surface area contributed by atoms with Gasteiger partial charge in [0.25, 0.3) is 0 Å². The van der Waals surface area contributed by atoms with Gasteiger partial charge in [0.1, 0.15) is 6.10 Å². The number of carbonyl (C=O) groups is 1. The molecule has 0 saturated carbocycles. The number of rotatable bonds is 3. The summed E-state index contributed by atoms with van der Waals surface area (Å²) in [6.45, 7) is 1.90. The number of thiophene rings is 1. The largest absolute Gasteiger partial charge is 0.446 e. The Labute approximate surface area is 125 Å². The number of carbonyl (C=O) groups excluding carboxylic acids is 1. The first-order chi connectivity index (χ1) is 9.70. The Morgan fingerprint density at radius 1 is 1.45 bits per heavy atom. The van der Waals surface area contributed by atoms with Gasteiger partial charge in [0.2, 0.25) is 0 Å². The molecule has 0 radical (unpaired) electrons. The molecule has 1 amide bonds. The van der Waals surface area contributed by atoms with E-state index in [4.69, 9.17) is 4.74 Å². The molecule has 0 fully saturated rings. The van der Waals surface area contributed by atoms with Crippen molar-refractivity contribution in [1.29, 1.82) is 0 Å². The number of amides is 1. The van der Waals surface area contributed by atoms with Crippen LogP contribution in [0.15, 0.2) is 39.9 Å². The maximum atomic E-state index is 11.5. The van der Waals surface area contributed by atoms with Gasteiger partial charge in [-0.05, 0) is 54.1 Å². The van der Waals surface area contributed by atoms with E-state index in [0.717, 1.165) is 16.9 Å². The van der Waals surface area contributed by atoms with Crippen molar-refractivity contribution in [3.05, 3.63) is 41.3 Å². The quantitative estimate of drug-likeness (QED) is 0.827. The number of ether oxygens (including phenoxy) is 1. The van der Waals surface area contributed by atoms with Gasteiger partial charge in [-0.2, -0.15) is 0 Å². The van der Waals surface area contributed by atoms with Crippen LogP contribution >= 0.6 is 23.3 Å². The Morgan fingerprint density at radius 2 is 2.35 bits per heavy atom. The smallest absolute Gasteiger partial charge is 0.411 e. The van der Waals surface area contributed by atoms with E-state index in [1.807, 2.05) is 25.1 Å². The van der Waals surface area contributed by atoms with Gasteiger partial charge < -0.3 is 9.46 Å². The van der Waals surface area contributed by atoms with Gasteiger partial charge in [0.15, 0.2) is 0 Å². The van der Waals surface area contributed by atoms with Gasteiger partial charge in [0.05, 0.1) is 4.21 Å². The molecule has 1 aromatic heterocycles. The molecule has 1 aliphatic rings. The van der Waals surface area contributed by atoms with Crippen LogP contribution in [0.2, 0.25) is 0 Å². The molecule has 0 aliphatic carbocycles. The molecule has 4 nitrogen and oxygen atoms in total. The fourth-order valence-electron chi connectivity index (χ4n) is 2.05. The number of benzene rings is 1. The third-order valence-electron chi connectivity index (χ3n) is 2.92. The van der Waals surface area contributed by atoms with Crippen molar-refractivity contribution < 1.29 is 9.53 Å². The fraction of sp³-hybridized carbons (Fsp3) is 0.214. The van der Waals surface area contributed by atoms with Crippen LogP contribution in [0.25, 0.3) is 0 Å². The van der Waals surface area contributed by atoms with Crippen molar-refractivity contribution in [1.82, 2.24) is 0 Å². The molecular weight excluding hydrogens is 292 g/mol. The zero-order chi connectivity index (χ0) is 13.9. The second kappa shape index (κ2) is 5.76. The zero-order valence-electron chi connectivity index (χ0n) is 10.9. The van der Waals surface area contributed by atoms with Crippen LogP contribution in [0.3, 0.4) is 0 Å². The van der Waals surface area contributed by atoms with E-state index in [2.05, 4.69) is 27.6 Å². The molecule has 0 saturated heterocycles. The third-order valence-corrected chi connectivity index (χ3v) is 4.80. The maximum Gasteiger partial charge on any atom is 0.411 e. The van der Waals surface area contributed by atoms with Gasteiger partial charge in [-0.25, -0.2) is 4.79 Å². The Morgan fingerprint density at radius 3 is 3.15 bits per heavy atom. The first-order valence-corrected chi connectivity index (χ1v) is 7.97.